The van der Waals surface area contributed by atoms with Crippen LogP contribution in [0.1, 0.15) is 46.3 Å². The molecule has 7 heteroatoms. The van der Waals surface area contributed by atoms with E-state index in [9.17, 15) is 4.79 Å². The summed E-state index contributed by atoms with van der Waals surface area (Å²) in [5.41, 5.74) is 8.29. The van der Waals surface area contributed by atoms with Gasteiger partial charge in [0.2, 0.25) is 0 Å². The lowest BCUT2D eigenvalue weighted by atomic mass is 10.2. The minimum atomic E-state index is -0.435. The molecule has 2 aliphatic rings. The van der Waals surface area contributed by atoms with Crippen LogP contribution in [0.25, 0.3) is 0 Å². The molecule has 4 rings (SSSR count). The van der Waals surface area contributed by atoms with Crippen LogP contribution in [0.2, 0.25) is 0 Å². The number of fused-ring (bicyclic) bond motifs is 1. The number of aryl methyl sites for hydroxylation is 2. The summed E-state index contributed by atoms with van der Waals surface area (Å²) in [6.07, 6.45) is 7.56. The van der Waals surface area contributed by atoms with Gasteiger partial charge in [-0.3, -0.25) is 9.48 Å². The average Bonchev–Trinajstić information content (AvgIpc) is 3.25. The van der Waals surface area contributed by atoms with E-state index >= 15 is 0 Å². The zero-order valence-electron chi connectivity index (χ0n) is 13.2. The highest BCUT2D eigenvalue weighted by Gasteiger charge is 2.29. The minimum Gasteiger partial charge on any atom is -0.366 e. The standard InChI is InChI=1S/C16H20N6O/c1-10-19-14-4-2-3-13(14)16(20-10)21-6-5-12(9-21)22-8-11(7-18-22)15(17)23/h7-8,12H,2-6,9H2,1H3,(H2,17,23). The van der Waals surface area contributed by atoms with Crippen molar-refractivity contribution in [3.05, 3.63) is 35.0 Å². The van der Waals surface area contributed by atoms with Crippen molar-refractivity contribution in [2.24, 2.45) is 5.73 Å². The molecule has 0 saturated carbocycles. The van der Waals surface area contributed by atoms with Crippen molar-refractivity contribution in [2.45, 2.75) is 38.6 Å². The van der Waals surface area contributed by atoms with Gasteiger partial charge in [0.15, 0.2) is 0 Å². The summed E-state index contributed by atoms with van der Waals surface area (Å²) < 4.78 is 1.86. The second kappa shape index (κ2) is 5.33. The molecule has 1 saturated heterocycles. The lowest BCUT2D eigenvalue weighted by Gasteiger charge is -2.21. The molecule has 0 spiro atoms. The fourth-order valence-electron chi connectivity index (χ4n) is 3.61. The summed E-state index contributed by atoms with van der Waals surface area (Å²) in [6, 6.07) is 0.246. The van der Waals surface area contributed by atoms with Crippen LogP contribution in [-0.2, 0) is 12.8 Å². The van der Waals surface area contributed by atoms with Crippen LogP contribution in [0.4, 0.5) is 5.82 Å². The Hall–Kier alpha value is -2.44. The number of aromatic nitrogens is 4. The van der Waals surface area contributed by atoms with Gasteiger partial charge >= 0.3 is 0 Å². The van der Waals surface area contributed by atoms with Gasteiger partial charge in [0.05, 0.1) is 17.8 Å². The molecular weight excluding hydrogens is 292 g/mol. The van der Waals surface area contributed by atoms with E-state index in [1.165, 1.54) is 23.9 Å². The van der Waals surface area contributed by atoms with Crippen LogP contribution >= 0.6 is 0 Å². The van der Waals surface area contributed by atoms with E-state index in [1.54, 1.807) is 6.20 Å². The van der Waals surface area contributed by atoms with Crippen LogP contribution in [-0.4, -0.2) is 38.7 Å². The predicted octanol–water partition coefficient (Wildman–Crippen LogP) is 1.02. The Balaban J connectivity index is 1.58. The van der Waals surface area contributed by atoms with E-state index < -0.39 is 5.91 Å². The topological polar surface area (TPSA) is 89.9 Å². The first-order valence-corrected chi connectivity index (χ1v) is 8.07. The number of hydrogen-bond acceptors (Lipinski definition) is 5. The Labute approximate surface area is 134 Å². The number of carbonyl (C=O) groups excluding carboxylic acids is 1. The van der Waals surface area contributed by atoms with Crippen LogP contribution in [0.15, 0.2) is 12.4 Å². The maximum atomic E-state index is 11.2. The summed E-state index contributed by atoms with van der Waals surface area (Å²) >= 11 is 0. The van der Waals surface area contributed by atoms with Gasteiger partial charge in [-0.05, 0) is 32.6 Å². The summed E-state index contributed by atoms with van der Waals surface area (Å²) in [5.74, 6) is 1.50. The molecule has 0 radical (unpaired) electrons. The molecule has 7 nitrogen and oxygen atoms in total. The molecule has 2 aromatic rings. The molecule has 3 heterocycles. The molecular formula is C16H20N6O. The summed E-state index contributed by atoms with van der Waals surface area (Å²) in [4.78, 5) is 22.8. The molecule has 1 aliphatic heterocycles. The molecule has 0 aromatic carbocycles. The molecule has 1 fully saturated rings. The van der Waals surface area contributed by atoms with Crippen molar-refractivity contribution in [1.82, 2.24) is 19.7 Å². The fraction of sp³-hybridized carbons (Fsp3) is 0.500. The first-order chi connectivity index (χ1) is 11.1. The Morgan fingerprint density at radius 1 is 1.35 bits per heavy atom. The third kappa shape index (κ3) is 2.46. The summed E-state index contributed by atoms with van der Waals surface area (Å²) in [5, 5.41) is 4.29. The average molecular weight is 312 g/mol. The zero-order valence-corrected chi connectivity index (χ0v) is 13.2. The van der Waals surface area contributed by atoms with Crippen LogP contribution in [0, 0.1) is 6.92 Å². The molecule has 1 unspecified atom stereocenters. The van der Waals surface area contributed by atoms with E-state index in [4.69, 9.17) is 10.7 Å². The Kier molecular flexibility index (Phi) is 3.28. The number of rotatable bonds is 3. The van der Waals surface area contributed by atoms with Gasteiger partial charge in [0.1, 0.15) is 11.6 Å². The number of hydrogen-bond donors (Lipinski definition) is 1. The number of carbonyl (C=O) groups is 1. The number of nitrogens with zero attached hydrogens (tertiary/aromatic N) is 5. The first kappa shape index (κ1) is 14.2. The predicted molar refractivity (Wildman–Crippen MR) is 85.4 cm³/mol. The van der Waals surface area contributed by atoms with E-state index in [0.29, 0.717) is 5.56 Å². The van der Waals surface area contributed by atoms with Gasteiger partial charge in [-0.15, -0.1) is 0 Å². The van der Waals surface area contributed by atoms with Gasteiger partial charge in [-0.1, -0.05) is 0 Å². The van der Waals surface area contributed by atoms with E-state index in [1.807, 2.05) is 11.6 Å². The minimum absolute atomic E-state index is 0.246. The fourth-order valence-corrected chi connectivity index (χ4v) is 3.61. The van der Waals surface area contributed by atoms with Crippen LogP contribution in [0.5, 0.6) is 0 Å². The maximum absolute atomic E-state index is 11.2. The molecule has 120 valence electrons. The first-order valence-electron chi connectivity index (χ1n) is 8.07. The van der Waals surface area contributed by atoms with Gasteiger partial charge in [0, 0.05) is 30.5 Å². The van der Waals surface area contributed by atoms with Crippen molar-refractivity contribution in [1.29, 1.82) is 0 Å². The molecule has 1 aliphatic carbocycles. The Morgan fingerprint density at radius 2 is 2.22 bits per heavy atom. The van der Waals surface area contributed by atoms with Gasteiger partial charge in [0.25, 0.3) is 5.91 Å². The molecule has 2 N–H and O–H groups in total. The SMILES string of the molecule is Cc1nc2c(c(N3CCC(n4cc(C(N)=O)cn4)C3)n1)CCC2. The van der Waals surface area contributed by atoms with Crippen molar-refractivity contribution >= 4 is 11.7 Å². The summed E-state index contributed by atoms with van der Waals surface area (Å²) in [6.45, 7) is 3.75. The lowest BCUT2D eigenvalue weighted by Crippen LogP contribution is -2.24. The Bertz CT molecular complexity index is 768. The maximum Gasteiger partial charge on any atom is 0.251 e. The lowest BCUT2D eigenvalue weighted by molar-refractivity contribution is 0.1000. The molecule has 1 amide bonds. The third-order valence-electron chi connectivity index (χ3n) is 4.75. The molecule has 1 atom stereocenters. The van der Waals surface area contributed by atoms with Gasteiger partial charge in [-0.2, -0.15) is 5.10 Å². The highest BCUT2D eigenvalue weighted by Crippen LogP contribution is 2.33. The van der Waals surface area contributed by atoms with E-state index in [-0.39, 0.29) is 6.04 Å². The summed E-state index contributed by atoms with van der Waals surface area (Å²) in [7, 11) is 0. The molecule has 23 heavy (non-hydrogen) atoms. The second-order valence-corrected chi connectivity index (χ2v) is 6.34. The third-order valence-corrected chi connectivity index (χ3v) is 4.75. The van der Waals surface area contributed by atoms with Gasteiger partial charge in [-0.25, -0.2) is 9.97 Å². The van der Waals surface area contributed by atoms with E-state index in [2.05, 4.69) is 15.0 Å². The smallest absolute Gasteiger partial charge is 0.251 e. The van der Waals surface area contributed by atoms with Gasteiger partial charge < -0.3 is 10.6 Å². The van der Waals surface area contributed by atoms with Crippen LogP contribution < -0.4 is 10.6 Å². The Morgan fingerprint density at radius 3 is 3.00 bits per heavy atom. The van der Waals surface area contributed by atoms with Crippen molar-refractivity contribution in [2.75, 3.05) is 18.0 Å². The number of nitrogens with two attached hydrogens (primary N) is 1. The molecule has 2 aromatic heterocycles. The number of amides is 1. The van der Waals surface area contributed by atoms with Crippen molar-refractivity contribution < 1.29 is 4.79 Å². The monoisotopic (exact) mass is 312 g/mol. The van der Waals surface area contributed by atoms with Crippen molar-refractivity contribution in [3.8, 4) is 0 Å². The van der Waals surface area contributed by atoms with Crippen LogP contribution in [0.3, 0.4) is 0 Å². The number of anilines is 1. The highest BCUT2D eigenvalue weighted by molar-refractivity contribution is 5.92. The second-order valence-electron chi connectivity index (χ2n) is 6.34. The normalized spacial score (nSPS) is 20.0. The largest absolute Gasteiger partial charge is 0.366 e. The quantitative estimate of drug-likeness (QED) is 0.914. The molecule has 0 bridgehead atoms. The van der Waals surface area contributed by atoms with Crippen molar-refractivity contribution in [3.63, 3.8) is 0 Å². The zero-order chi connectivity index (χ0) is 16.0. The highest BCUT2D eigenvalue weighted by atomic mass is 16.1. The van der Waals surface area contributed by atoms with E-state index in [0.717, 1.165) is 44.0 Å². The number of primary amides is 1.